The molecule has 0 bridgehead atoms. The smallest absolute Gasteiger partial charge is 0.300 e. The summed E-state index contributed by atoms with van der Waals surface area (Å²) in [5, 5.41) is 10.9. The van der Waals surface area contributed by atoms with E-state index in [-0.39, 0.29) is 23.0 Å². The highest BCUT2D eigenvalue weighted by molar-refractivity contribution is 5.98. The summed E-state index contributed by atoms with van der Waals surface area (Å²) in [5.41, 5.74) is 5.23. The van der Waals surface area contributed by atoms with Crippen molar-refractivity contribution in [3.8, 4) is 0 Å². The van der Waals surface area contributed by atoms with Crippen LogP contribution in [0.4, 0.5) is 11.5 Å². The first-order chi connectivity index (χ1) is 9.02. The van der Waals surface area contributed by atoms with Crippen LogP contribution in [-0.2, 0) is 0 Å². The molecule has 0 spiro atoms. The number of aromatic nitrogens is 1. The lowest BCUT2D eigenvalue weighted by Crippen LogP contribution is -2.33. The zero-order chi connectivity index (χ0) is 14.0. The fraction of sp³-hybridized carbons (Fsp3) is 0.500. The number of amides is 1. The molecule has 0 saturated heterocycles. The number of nitro groups is 1. The maximum Gasteiger partial charge on any atom is 0.300 e. The van der Waals surface area contributed by atoms with Gasteiger partial charge in [-0.25, -0.2) is 4.98 Å². The van der Waals surface area contributed by atoms with Gasteiger partial charge >= 0.3 is 0 Å². The van der Waals surface area contributed by atoms with Gasteiger partial charge in [0.2, 0.25) is 0 Å². The normalized spacial score (nSPS) is 14.2. The number of rotatable bonds is 5. The number of carbonyl (C=O) groups excluding carboxylic acids is 1. The molecule has 7 heteroatoms. The Morgan fingerprint density at radius 1 is 1.63 bits per heavy atom. The molecule has 7 nitrogen and oxygen atoms in total. The number of carbonyl (C=O) groups is 1. The Balaban J connectivity index is 2.29. The molecule has 2 rings (SSSR count). The van der Waals surface area contributed by atoms with Crippen molar-refractivity contribution in [2.45, 2.75) is 19.8 Å². The van der Waals surface area contributed by atoms with Gasteiger partial charge in [0, 0.05) is 13.1 Å². The van der Waals surface area contributed by atoms with Crippen molar-refractivity contribution in [2.24, 2.45) is 5.92 Å². The Hall–Kier alpha value is -2.18. The lowest BCUT2D eigenvalue weighted by atomic mass is 10.2. The van der Waals surface area contributed by atoms with E-state index in [2.05, 4.69) is 4.98 Å². The zero-order valence-electron chi connectivity index (χ0n) is 10.7. The molecule has 0 aromatic carbocycles. The van der Waals surface area contributed by atoms with E-state index in [9.17, 15) is 14.9 Å². The van der Waals surface area contributed by atoms with Crippen molar-refractivity contribution < 1.29 is 9.72 Å². The van der Waals surface area contributed by atoms with Crippen LogP contribution in [0.2, 0.25) is 0 Å². The molecule has 1 aliphatic carbocycles. The van der Waals surface area contributed by atoms with E-state index in [0.29, 0.717) is 19.0 Å². The van der Waals surface area contributed by atoms with Gasteiger partial charge in [0.15, 0.2) is 0 Å². The molecule has 1 saturated carbocycles. The van der Waals surface area contributed by atoms with Gasteiger partial charge in [-0.1, -0.05) is 0 Å². The largest absolute Gasteiger partial charge is 0.384 e. The first-order valence-electron chi connectivity index (χ1n) is 6.22. The van der Waals surface area contributed by atoms with Crippen LogP contribution < -0.4 is 5.73 Å². The highest BCUT2D eigenvalue weighted by atomic mass is 16.6. The molecular formula is C12H16N4O3. The monoisotopic (exact) mass is 264 g/mol. The Morgan fingerprint density at radius 2 is 2.32 bits per heavy atom. The minimum absolute atomic E-state index is 0.0139. The Bertz CT molecular complexity index is 514. The van der Waals surface area contributed by atoms with Crippen molar-refractivity contribution in [1.29, 1.82) is 0 Å². The van der Waals surface area contributed by atoms with Gasteiger partial charge in [-0.3, -0.25) is 14.9 Å². The number of nitrogen functional groups attached to an aromatic ring is 1. The minimum atomic E-state index is -0.607. The van der Waals surface area contributed by atoms with Crippen LogP contribution in [0.5, 0.6) is 0 Å². The van der Waals surface area contributed by atoms with Gasteiger partial charge in [-0.05, 0) is 31.7 Å². The lowest BCUT2D eigenvalue weighted by Gasteiger charge is -2.20. The van der Waals surface area contributed by atoms with Gasteiger partial charge in [0.1, 0.15) is 17.6 Å². The average molecular weight is 264 g/mol. The van der Waals surface area contributed by atoms with Crippen molar-refractivity contribution in [1.82, 2.24) is 9.88 Å². The Labute approximate surface area is 110 Å². The lowest BCUT2D eigenvalue weighted by molar-refractivity contribution is -0.385. The fourth-order valence-electron chi connectivity index (χ4n) is 1.92. The molecule has 0 unspecified atom stereocenters. The SMILES string of the molecule is CCN(CC1CC1)C(=O)c1cc(N)ncc1[N+](=O)[O-]. The topological polar surface area (TPSA) is 102 Å². The number of nitrogens with zero attached hydrogens (tertiary/aromatic N) is 3. The summed E-state index contributed by atoms with van der Waals surface area (Å²) < 4.78 is 0. The molecule has 2 N–H and O–H groups in total. The quantitative estimate of drug-likeness (QED) is 0.640. The second-order valence-electron chi connectivity index (χ2n) is 4.67. The molecule has 1 aliphatic rings. The van der Waals surface area contributed by atoms with Crippen molar-refractivity contribution >= 4 is 17.4 Å². The van der Waals surface area contributed by atoms with Crippen molar-refractivity contribution in [2.75, 3.05) is 18.8 Å². The second kappa shape index (κ2) is 5.21. The third kappa shape index (κ3) is 2.98. The first-order valence-corrected chi connectivity index (χ1v) is 6.22. The molecule has 1 aromatic rings. The average Bonchev–Trinajstić information content (AvgIpc) is 3.18. The third-order valence-electron chi connectivity index (χ3n) is 3.18. The molecule has 0 radical (unpaired) electrons. The third-order valence-corrected chi connectivity index (χ3v) is 3.18. The molecule has 0 atom stereocenters. The standard InChI is InChI=1S/C12H16N4O3/c1-2-15(7-8-3-4-8)12(17)9-5-11(13)14-6-10(9)16(18)19/h5-6,8H,2-4,7H2,1H3,(H2,13,14). The number of anilines is 1. The summed E-state index contributed by atoms with van der Waals surface area (Å²) in [4.78, 5) is 28.0. The predicted molar refractivity (Wildman–Crippen MR) is 69.6 cm³/mol. The van der Waals surface area contributed by atoms with E-state index in [1.807, 2.05) is 6.92 Å². The highest BCUT2D eigenvalue weighted by Gasteiger charge is 2.29. The molecule has 1 heterocycles. The Kier molecular flexibility index (Phi) is 3.64. The van der Waals surface area contributed by atoms with Crippen LogP contribution >= 0.6 is 0 Å². The van der Waals surface area contributed by atoms with Crippen LogP contribution in [-0.4, -0.2) is 33.8 Å². The van der Waals surface area contributed by atoms with E-state index in [4.69, 9.17) is 5.73 Å². The van der Waals surface area contributed by atoms with E-state index in [0.717, 1.165) is 19.0 Å². The first kappa shape index (κ1) is 13.3. The molecule has 0 aliphatic heterocycles. The van der Waals surface area contributed by atoms with Crippen molar-refractivity contribution in [3.05, 3.63) is 27.9 Å². The fourth-order valence-corrected chi connectivity index (χ4v) is 1.92. The molecular weight excluding hydrogens is 248 g/mol. The molecule has 1 amide bonds. The summed E-state index contributed by atoms with van der Waals surface area (Å²) in [7, 11) is 0. The van der Waals surface area contributed by atoms with Crippen LogP contribution in [0.15, 0.2) is 12.3 Å². The van der Waals surface area contributed by atoms with Crippen LogP contribution in [0, 0.1) is 16.0 Å². The van der Waals surface area contributed by atoms with Crippen LogP contribution in [0.25, 0.3) is 0 Å². The highest BCUT2D eigenvalue weighted by Crippen LogP contribution is 2.30. The van der Waals surface area contributed by atoms with E-state index in [1.54, 1.807) is 4.90 Å². The number of hydrogen-bond acceptors (Lipinski definition) is 5. The van der Waals surface area contributed by atoms with Gasteiger partial charge < -0.3 is 10.6 Å². The molecule has 1 aromatic heterocycles. The second-order valence-corrected chi connectivity index (χ2v) is 4.67. The van der Waals surface area contributed by atoms with E-state index < -0.39 is 4.92 Å². The van der Waals surface area contributed by atoms with Gasteiger partial charge in [0.05, 0.1) is 4.92 Å². The Morgan fingerprint density at radius 3 is 2.84 bits per heavy atom. The maximum absolute atomic E-state index is 12.4. The summed E-state index contributed by atoms with van der Waals surface area (Å²) in [5.74, 6) is 0.286. The molecule has 1 fully saturated rings. The molecule has 19 heavy (non-hydrogen) atoms. The zero-order valence-corrected chi connectivity index (χ0v) is 10.7. The van der Waals surface area contributed by atoms with Gasteiger partial charge in [0.25, 0.3) is 11.6 Å². The number of pyridine rings is 1. The summed E-state index contributed by atoms with van der Waals surface area (Å²) in [6, 6.07) is 1.27. The minimum Gasteiger partial charge on any atom is -0.384 e. The summed E-state index contributed by atoms with van der Waals surface area (Å²) in [6.45, 7) is 3.03. The van der Waals surface area contributed by atoms with E-state index in [1.165, 1.54) is 6.07 Å². The van der Waals surface area contributed by atoms with Crippen LogP contribution in [0.1, 0.15) is 30.1 Å². The van der Waals surface area contributed by atoms with Crippen LogP contribution in [0.3, 0.4) is 0 Å². The van der Waals surface area contributed by atoms with Crippen molar-refractivity contribution in [3.63, 3.8) is 0 Å². The summed E-state index contributed by atoms with van der Waals surface area (Å²) in [6.07, 6.45) is 3.27. The molecule has 102 valence electrons. The van der Waals surface area contributed by atoms with Gasteiger partial charge in [-0.15, -0.1) is 0 Å². The number of hydrogen-bond donors (Lipinski definition) is 1. The van der Waals surface area contributed by atoms with Gasteiger partial charge in [-0.2, -0.15) is 0 Å². The number of nitrogens with two attached hydrogens (primary N) is 1. The summed E-state index contributed by atoms with van der Waals surface area (Å²) >= 11 is 0. The van der Waals surface area contributed by atoms with E-state index >= 15 is 0 Å². The predicted octanol–water partition coefficient (Wildman–Crippen LogP) is 1.44. The maximum atomic E-state index is 12.4.